The Hall–Kier alpha value is -1.02. The van der Waals surface area contributed by atoms with Crippen LogP contribution >= 0.6 is 24.0 Å². The molecule has 6 heteroatoms. The monoisotopic (exact) mass is 435 g/mol. The van der Waals surface area contributed by atoms with Gasteiger partial charge in [0.25, 0.3) is 0 Å². The van der Waals surface area contributed by atoms with Crippen molar-refractivity contribution < 1.29 is 9.84 Å². The number of aliphatic hydroxyl groups excluding tert-OH is 1. The maximum absolute atomic E-state index is 8.91. The summed E-state index contributed by atoms with van der Waals surface area (Å²) in [4.78, 5) is 4.54. The highest BCUT2D eigenvalue weighted by Crippen LogP contribution is 2.25. The largest absolute Gasteiger partial charge is 0.488 e. The third-order valence-electron chi connectivity index (χ3n) is 2.79. The lowest BCUT2D eigenvalue weighted by molar-refractivity contribution is 0.129. The Morgan fingerprint density at radius 3 is 2.52 bits per heavy atom. The molecular formula is C17H30IN3O2. The normalized spacial score (nSPS) is 11.7. The van der Waals surface area contributed by atoms with Gasteiger partial charge < -0.3 is 20.5 Å². The summed E-state index contributed by atoms with van der Waals surface area (Å²) in [5, 5.41) is 15.1. The lowest BCUT2D eigenvalue weighted by Gasteiger charge is -2.23. The maximum atomic E-state index is 8.91. The van der Waals surface area contributed by atoms with E-state index in [0.717, 1.165) is 23.4 Å². The molecule has 0 amide bonds. The van der Waals surface area contributed by atoms with E-state index in [9.17, 15) is 0 Å². The third-order valence-corrected chi connectivity index (χ3v) is 2.79. The number of aryl methyl sites for hydroxylation is 1. The number of benzene rings is 1. The van der Waals surface area contributed by atoms with E-state index in [-0.39, 0.29) is 36.2 Å². The van der Waals surface area contributed by atoms with E-state index in [4.69, 9.17) is 9.84 Å². The number of halogens is 1. The molecule has 23 heavy (non-hydrogen) atoms. The summed E-state index contributed by atoms with van der Waals surface area (Å²) < 4.78 is 6.04. The number of aliphatic hydroxyl groups is 1. The van der Waals surface area contributed by atoms with Gasteiger partial charge >= 0.3 is 0 Å². The van der Waals surface area contributed by atoms with E-state index >= 15 is 0 Å². The molecule has 5 nitrogen and oxygen atoms in total. The number of rotatable bonds is 6. The summed E-state index contributed by atoms with van der Waals surface area (Å²) in [7, 11) is 0. The SMILES string of the molecule is CCNC(=NCc1ccc(C)cc1OC(C)(C)C)NCCO.I. The van der Waals surface area contributed by atoms with Crippen molar-refractivity contribution in [2.45, 2.75) is 46.8 Å². The van der Waals surface area contributed by atoms with Gasteiger partial charge in [-0.2, -0.15) is 0 Å². The number of nitrogens with zero attached hydrogens (tertiary/aromatic N) is 1. The summed E-state index contributed by atoms with van der Waals surface area (Å²) in [6.07, 6.45) is 0. The van der Waals surface area contributed by atoms with Gasteiger partial charge in [-0.3, -0.25) is 0 Å². The molecular weight excluding hydrogens is 405 g/mol. The molecule has 1 aromatic carbocycles. The molecule has 0 aromatic heterocycles. The van der Waals surface area contributed by atoms with Gasteiger partial charge in [-0.05, 0) is 46.2 Å². The van der Waals surface area contributed by atoms with Crippen LogP contribution < -0.4 is 15.4 Å². The molecule has 1 aromatic rings. The zero-order chi connectivity index (χ0) is 16.6. The first kappa shape index (κ1) is 22.0. The standard InChI is InChI=1S/C17H29N3O2.HI/c1-6-18-16(19-9-10-21)20-12-14-8-7-13(2)11-15(14)22-17(3,4)5;/h7-8,11,21H,6,9-10,12H2,1-5H3,(H2,18,19,20);1H. The Bertz CT molecular complexity index is 499. The summed E-state index contributed by atoms with van der Waals surface area (Å²) >= 11 is 0. The Labute approximate surface area is 156 Å². The second-order valence-corrected chi connectivity index (χ2v) is 6.17. The molecule has 3 N–H and O–H groups in total. The molecule has 0 saturated heterocycles. The summed E-state index contributed by atoms with van der Waals surface area (Å²) in [6, 6.07) is 6.16. The quantitative estimate of drug-likeness (QED) is 0.365. The van der Waals surface area contributed by atoms with Crippen LogP contribution in [0.25, 0.3) is 0 Å². The molecule has 0 radical (unpaired) electrons. The van der Waals surface area contributed by atoms with Crippen LogP contribution in [0.1, 0.15) is 38.8 Å². The van der Waals surface area contributed by atoms with Gasteiger partial charge in [-0.25, -0.2) is 4.99 Å². The predicted molar refractivity (Wildman–Crippen MR) is 107 cm³/mol. The van der Waals surface area contributed by atoms with Gasteiger partial charge in [-0.15, -0.1) is 24.0 Å². The minimum absolute atomic E-state index is 0. The number of guanidine groups is 1. The second-order valence-electron chi connectivity index (χ2n) is 6.17. The van der Waals surface area contributed by atoms with E-state index < -0.39 is 0 Å². The van der Waals surface area contributed by atoms with Crippen LogP contribution in [0, 0.1) is 6.92 Å². The molecule has 1 rings (SSSR count). The van der Waals surface area contributed by atoms with Crippen molar-refractivity contribution in [1.82, 2.24) is 10.6 Å². The molecule has 0 spiro atoms. The van der Waals surface area contributed by atoms with Crippen LogP contribution in [0.3, 0.4) is 0 Å². The molecule has 0 unspecified atom stereocenters. The number of nitrogens with one attached hydrogen (secondary N) is 2. The van der Waals surface area contributed by atoms with Crippen LogP contribution in [0.4, 0.5) is 0 Å². The van der Waals surface area contributed by atoms with Crippen LogP contribution in [-0.4, -0.2) is 36.4 Å². The van der Waals surface area contributed by atoms with Crippen molar-refractivity contribution >= 4 is 29.9 Å². The van der Waals surface area contributed by atoms with Crippen molar-refractivity contribution in [3.8, 4) is 5.75 Å². The fourth-order valence-electron chi connectivity index (χ4n) is 1.90. The first-order valence-electron chi connectivity index (χ1n) is 7.77. The Balaban J connectivity index is 0.00000484. The van der Waals surface area contributed by atoms with Crippen LogP contribution in [0.5, 0.6) is 5.75 Å². The summed E-state index contributed by atoms with van der Waals surface area (Å²) in [5.41, 5.74) is 1.96. The summed E-state index contributed by atoms with van der Waals surface area (Å²) in [6.45, 7) is 12.0. The molecule has 0 aliphatic carbocycles. The third kappa shape index (κ3) is 9.00. The molecule has 132 valence electrons. The van der Waals surface area contributed by atoms with Crippen molar-refractivity contribution in [3.63, 3.8) is 0 Å². The molecule has 0 aliphatic rings. The van der Waals surface area contributed by atoms with Crippen molar-refractivity contribution in [3.05, 3.63) is 29.3 Å². The minimum Gasteiger partial charge on any atom is -0.488 e. The first-order valence-corrected chi connectivity index (χ1v) is 7.77. The molecule has 0 heterocycles. The molecule has 0 saturated carbocycles. The highest BCUT2D eigenvalue weighted by atomic mass is 127. The van der Waals surface area contributed by atoms with Crippen LogP contribution in [0.2, 0.25) is 0 Å². The van der Waals surface area contributed by atoms with E-state index in [0.29, 0.717) is 19.0 Å². The number of aliphatic imine (C=N–C) groups is 1. The van der Waals surface area contributed by atoms with E-state index in [1.807, 2.05) is 33.8 Å². The number of hydrogen-bond donors (Lipinski definition) is 3. The number of ether oxygens (including phenoxy) is 1. The highest BCUT2D eigenvalue weighted by molar-refractivity contribution is 14.0. The fraction of sp³-hybridized carbons (Fsp3) is 0.588. The lowest BCUT2D eigenvalue weighted by Crippen LogP contribution is -2.38. The lowest BCUT2D eigenvalue weighted by atomic mass is 10.1. The van der Waals surface area contributed by atoms with E-state index in [1.165, 1.54) is 0 Å². The van der Waals surface area contributed by atoms with Gasteiger partial charge in [0, 0.05) is 18.7 Å². The average Bonchev–Trinajstić information content (AvgIpc) is 2.41. The van der Waals surface area contributed by atoms with Gasteiger partial charge in [-0.1, -0.05) is 12.1 Å². The van der Waals surface area contributed by atoms with E-state index in [2.05, 4.69) is 34.7 Å². The van der Waals surface area contributed by atoms with Gasteiger partial charge in [0.1, 0.15) is 11.4 Å². The van der Waals surface area contributed by atoms with Gasteiger partial charge in [0.15, 0.2) is 5.96 Å². The molecule has 0 bridgehead atoms. The molecule has 0 fully saturated rings. The second kappa shape index (κ2) is 10.7. The fourth-order valence-corrected chi connectivity index (χ4v) is 1.90. The van der Waals surface area contributed by atoms with Crippen LogP contribution in [-0.2, 0) is 6.54 Å². The van der Waals surface area contributed by atoms with Crippen molar-refractivity contribution in [1.29, 1.82) is 0 Å². The Morgan fingerprint density at radius 2 is 1.96 bits per heavy atom. The molecule has 0 aliphatic heterocycles. The minimum atomic E-state index is -0.244. The first-order chi connectivity index (χ1) is 10.4. The smallest absolute Gasteiger partial charge is 0.191 e. The topological polar surface area (TPSA) is 65.9 Å². The van der Waals surface area contributed by atoms with Crippen molar-refractivity contribution in [2.24, 2.45) is 4.99 Å². The average molecular weight is 435 g/mol. The zero-order valence-corrected chi connectivity index (χ0v) is 17.1. The molecule has 0 atom stereocenters. The van der Waals surface area contributed by atoms with Gasteiger partial charge in [0.05, 0.1) is 13.2 Å². The Kier molecular flexibility index (Phi) is 10.2. The maximum Gasteiger partial charge on any atom is 0.191 e. The van der Waals surface area contributed by atoms with Gasteiger partial charge in [0.2, 0.25) is 0 Å². The van der Waals surface area contributed by atoms with Crippen molar-refractivity contribution in [2.75, 3.05) is 19.7 Å². The van der Waals surface area contributed by atoms with Crippen LogP contribution in [0.15, 0.2) is 23.2 Å². The summed E-state index contributed by atoms with van der Waals surface area (Å²) in [5.74, 6) is 1.56. The Morgan fingerprint density at radius 1 is 1.26 bits per heavy atom. The zero-order valence-electron chi connectivity index (χ0n) is 14.8. The number of hydrogen-bond acceptors (Lipinski definition) is 3. The predicted octanol–water partition coefficient (Wildman–Crippen LogP) is 2.84. The highest BCUT2D eigenvalue weighted by Gasteiger charge is 2.14. The van der Waals surface area contributed by atoms with E-state index in [1.54, 1.807) is 0 Å².